The number of benzene rings is 2. The Bertz CT molecular complexity index is 1310. The fourth-order valence-electron chi connectivity index (χ4n) is 4.97. The van der Waals surface area contributed by atoms with Crippen LogP contribution in [0.4, 0.5) is 14.5 Å². The van der Waals surface area contributed by atoms with Crippen molar-refractivity contribution < 1.29 is 18.1 Å². The minimum absolute atomic E-state index is 0.108. The molecule has 1 saturated heterocycles. The van der Waals surface area contributed by atoms with E-state index in [1.54, 1.807) is 24.3 Å². The number of non-ortho nitro benzene ring substituents is 1. The van der Waals surface area contributed by atoms with E-state index in [0.29, 0.717) is 35.3 Å². The molecule has 7 nitrogen and oxygen atoms in total. The van der Waals surface area contributed by atoms with E-state index in [4.69, 9.17) is 4.42 Å². The van der Waals surface area contributed by atoms with Crippen molar-refractivity contribution in [2.75, 3.05) is 32.7 Å². The molecule has 1 fully saturated rings. The predicted octanol–water partition coefficient (Wildman–Crippen LogP) is 5.09. The monoisotopic (exact) mass is 480 g/mol. The van der Waals surface area contributed by atoms with Gasteiger partial charge >= 0.3 is 0 Å². The number of hydrogen-bond acceptors (Lipinski definition) is 6. The van der Waals surface area contributed by atoms with Gasteiger partial charge in [-0.25, -0.2) is 13.8 Å². The number of hydrogen-bond donors (Lipinski definition) is 0. The van der Waals surface area contributed by atoms with Crippen molar-refractivity contribution in [1.29, 1.82) is 0 Å². The van der Waals surface area contributed by atoms with Crippen LogP contribution in [0.15, 0.2) is 65.1 Å². The van der Waals surface area contributed by atoms with Crippen LogP contribution in [0.3, 0.4) is 0 Å². The standard InChI is InChI=1S/C26H26F2N4O3/c1-2-10-30-11-13-31(14-12-30)26(25-29-22-17-21(32(33)34)6-7-23(22)35-25)9-8-19(16-24(26)28)18-4-3-5-20(27)15-18/h3-9,15-17,24H,2,10-14H2,1H3. The van der Waals surface area contributed by atoms with Crippen molar-refractivity contribution in [2.24, 2.45) is 0 Å². The first-order valence-electron chi connectivity index (χ1n) is 11.7. The number of allylic oxidation sites excluding steroid dienone is 2. The lowest BCUT2D eigenvalue weighted by Gasteiger charge is -2.46. The van der Waals surface area contributed by atoms with Crippen LogP contribution in [0.1, 0.15) is 24.8 Å². The third-order valence-corrected chi connectivity index (χ3v) is 6.78. The van der Waals surface area contributed by atoms with E-state index in [-0.39, 0.29) is 11.6 Å². The molecule has 0 saturated carbocycles. The number of halogens is 2. The van der Waals surface area contributed by atoms with E-state index in [1.165, 1.54) is 36.4 Å². The molecule has 0 N–H and O–H groups in total. The molecule has 0 bridgehead atoms. The molecule has 2 aliphatic rings. The van der Waals surface area contributed by atoms with Crippen molar-refractivity contribution in [3.8, 4) is 0 Å². The number of aromatic nitrogens is 1. The van der Waals surface area contributed by atoms with Gasteiger partial charge in [0.15, 0.2) is 17.3 Å². The number of fused-ring (bicyclic) bond motifs is 1. The van der Waals surface area contributed by atoms with Gasteiger partial charge in [0.2, 0.25) is 5.89 Å². The lowest BCUT2D eigenvalue weighted by Crippen LogP contribution is -2.58. The highest BCUT2D eigenvalue weighted by Crippen LogP contribution is 2.42. The topological polar surface area (TPSA) is 75.7 Å². The average molecular weight is 481 g/mol. The van der Waals surface area contributed by atoms with E-state index in [0.717, 1.165) is 26.1 Å². The van der Waals surface area contributed by atoms with E-state index in [9.17, 15) is 14.5 Å². The summed E-state index contributed by atoms with van der Waals surface area (Å²) >= 11 is 0. The third-order valence-electron chi connectivity index (χ3n) is 6.78. The summed E-state index contributed by atoms with van der Waals surface area (Å²) in [5.74, 6) is -0.244. The van der Waals surface area contributed by atoms with Gasteiger partial charge in [-0.1, -0.05) is 31.2 Å². The van der Waals surface area contributed by atoms with Gasteiger partial charge in [0.1, 0.15) is 11.3 Å². The smallest absolute Gasteiger partial charge is 0.271 e. The fraction of sp³-hybridized carbons (Fsp3) is 0.346. The molecule has 0 spiro atoms. The van der Waals surface area contributed by atoms with Gasteiger partial charge in [-0.15, -0.1) is 0 Å². The first kappa shape index (κ1) is 23.3. The SMILES string of the molecule is CCCN1CCN(C2(c3nc4cc([N+](=O)[O-])ccc4o3)C=CC(c3cccc(F)c3)=CC2F)CC1. The normalized spacial score (nSPS) is 23.5. The van der Waals surface area contributed by atoms with Crippen LogP contribution in [-0.2, 0) is 5.54 Å². The summed E-state index contributed by atoms with van der Waals surface area (Å²) in [5, 5.41) is 11.2. The molecule has 182 valence electrons. The largest absolute Gasteiger partial charge is 0.438 e. The molecule has 1 aliphatic heterocycles. The van der Waals surface area contributed by atoms with Crippen molar-refractivity contribution >= 4 is 22.4 Å². The van der Waals surface area contributed by atoms with Crippen LogP contribution < -0.4 is 0 Å². The summed E-state index contributed by atoms with van der Waals surface area (Å²) in [4.78, 5) is 19.6. The molecule has 0 radical (unpaired) electrons. The van der Waals surface area contributed by atoms with Gasteiger partial charge in [0.25, 0.3) is 5.69 Å². The number of nitrogens with zero attached hydrogens (tertiary/aromatic N) is 4. The highest BCUT2D eigenvalue weighted by atomic mass is 19.1. The molecular formula is C26H26F2N4O3. The molecule has 2 aromatic carbocycles. The van der Waals surface area contributed by atoms with Crippen molar-refractivity contribution in [2.45, 2.75) is 25.1 Å². The van der Waals surface area contributed by atoms with Gasteiger partial charge in [-0.3, -0.25) is 15.0 Å². The molecular weight excluding hydrogens is 454 g/mol. The molecule has 2 heterocycles. The van der Waals surface area contributed by atoms with E-state index in [2.05, 4.69) is 16.8 Å². The number of alkyl halides is 1. The summed E-state index contributed by atoms with van der Waals surface area (Å²) < 4.78 is 36.1. The molecule has 2 unspecified atom stereocenters. The number of nitro groups is 1. The number of nitro benzene ring substituents is 1. The van der Waals surface area contributed by atoms with Gasteiger partial charge in [-0.05, 0) is 48.4 Å². The first-order chi connectivity index (χ1) is 16.9. The van der Waals surface area contributed by atoms with Crippen molar-refractivity contribution in [1.82, 2.24) is 14.8 Å². The minimum Gasteiger partial charge on any atom is -0.438 e. The third kappa shape index (κ3) is 4.26. The fourth-order valence-corrected chi connectivity index (χ4v) is 4.97. The molecule has 9 heteroatoms. The average Bonchev–Trinajstić information content (AvgIpc) is 3.28. The van der Waals surface area contributed by atoms with Gasteiger partial charge in [0.05, 0.1) is 4.92 Å². The first-order valence-corrected chi connectivity index (χ1v) is 11.7. The van der Waals surface area contributed by atoms with Crippen LogP contribution in [0.25, 0.3) is 16.7 Å². The maximum Gasteiger partial charge on any atom is 0.271 e. The lowest BCUT2D eigenvalue weighted by atomic mass is 9.82. The summed E-state index contributed by atoms with van der Waals surface area (Å²) in [6, 6.07) is 10.2. The quantitative estimate of drug-likeness (QED) is 0.361. The zero-order valence-corrected chi connectivity index (χ0v) is 19.4. The second kappa shape index (κ2) is 9.31. The highest BCUT2D eigenvalue weighted by molar-refractivity contribution is 5.78. The summed E-state index contributed by atoms with van der Waals surface area (Å²) in [6.45, 7) is 5.88. The highest BCUT2D eigenvalue weighted by Gasteiger charge is 2.50. The summed E-state index contributed by atoms with van der Waals surface area (Å²) in [5.41, 5.74) is 0.392. The Kier molecular flexibility index (Phi) is 6.21. The van der Waals surface area contributed by atoms with E-state index < -0.39 is 22.5 Å². The maximum atomic E-state index is 16.3. The van der Waals surface area contributed by atoms with E-state index in [1.807, 2.05) is 4.90 Å². The summed E-state index contributed by atoms with van der Waals surface area (Å²) in [6.07, 6.45) is 4.50. The zero-order chi connectivity index (χ0) is 24.6. The molecule has 0 amide bonds. The Morgan fingerprint density at radius 3 is 2.69 bits per heavy atom. The maximum absolute atomic E-state index is 16.3. The minimum atomic E-state index is -1.54. The van der Waals surface area contributed by atoms with Crippen molar-refractivity contribution in [3.63, 3.8) is 0 Å². The molecule has 1 aliphatic carbocycles. The van der Waals surface area contributed by atoms with Crippen LogP contribution >= 0.6 is 0 Å². The van der Waals surface area contributed by atoms with Crippen LogP contribution in [0.2, 0.25) is 0 Å². The van der Waals surface area contributed by atoms with Gasteiger partial charge in [0, 0.05) is 38.3 Å². The second-order valence-electron chi connectivity index (χ2n) is 8.95. The lowest BCUT2D eigenvalue weighted by molar-refractivity contribution is -0.384. The second-order valence-corrected chi connectivity index (χ2v) is 8.95. The molecule has 35 heavy (non-hydrogen) atoms. The number of piperazine rings is 1. The van der Waals surface area contributed by atoms with E-state index >= 15 is 4.39 Å². The Morgan fingerprint density at radius 2 is 2.00 bits per heavy atom. The Labute approximate surface area is 201 Å². The van der Waals surface area contributed by atoms with Crippen LogP contribution in [0.5, 0.6) is 0 Å². The molecule has 3 aromatic rings. The molecule has 5 rings (SSSR count). The van der Waals surface area contributed by atoms with Gasteiger partial charge in [-0.2, -0.15) is 0 Å². The predicted molar refractivity (Wildman–Crippen MR) is 129 cm³/mol. The zero-order valence-electron chi connectivity index (χ0n) is 19.4. The summed E-state index contributed by atoms with van der Waals surface area (Å²) in [7, 11) is 0. The van der Waals surface area contributed by atoms with Crippen LogP contribution in [0, 0.1) is 15.9 Å². The Hall–Kier alpha value is -3.43. The van der Waals surface area contributed by atoms with Crippen molar-refractivity contribution in [3.05, 3.63) is 88.1 Å². The van der Waals surface area contributed by atoms with Crippen LogP contribution in [-0.4, -0.2) is 58.6 Å². The number of rotatable bonds is 6. The Balaban J connectivity index is 1.56. The molecule has 1 aromatic heterocycles. The van der Waals surface area contributed by atoms with Gasteiger partial charge < -0.3 is 9.32 Å². The Morgan fingerprint density at radius 1 is 1.20 bits per heavy atom. The molecule has 2 atom stereocenters. The number of oxazole rings is 1.